The number of benzene rings is 5. The second-order valence-corrected chi connectivity index (χ2v) is 13.7. The van der Waals surface area contributed by atoms with Crippen LogP contribution in [0.5, 0.6) is 0 Å². The molecule has 0 saturated carbocycles. The maximum atomic E-state index is 4.99. The Kier molecular flexibility index (Phi) is 4.98. The summed E-state index contributed by atoms with van der Waals surface area (Å²) in [5.41, 5.74) is 19.1. The van der Waals surface area contributed by atoms with E-state index in [1.165, 1.54) is 72.1 Å². The van der Waals surface area contributed by atoms with Gasteiger partial charge in [0, 0.05) is 28.1 Å². The highest BCUT2D eigenvalue weighted by Crippen LogP contribution is 2.53. The quantitative estimate of drug-likeness (QED) is 0.203. The first-order valence-corrected chi connectivity index (χ1v) is 15.6. The lowest BCUT2D eigenvalue weighted by atomic mass is 9.81. The van der Waals surface area contributed by atoms with Gasteiger partial charge in [0.05, 0.1) is 16.6 Å². The fourth-order valence-electron chi connectivity index (χ4n) is 8.28. The van der Waals surface area contributed by atoms with Crippen LogP contribution in [-0.2, 0) is 10.8 Å². The molecular weight excluding hydrogens is 532 g/mol. The van der Waals surface area contributed by atoms with E-state index in [1.807, 2.05) is 6.20 Å². The average molecular weight is 567 g/mol. The minimum absolute atomic E-state index is 0.0134. The molecule has 2 aliphatic rings. The highest BCUT2D eigenvalue weighted by Gasteiger charge is 2.39. The maximum absolute atomic E-state index is 4.99. The minimum Gasteiger partial charge on any atom is -0.307 e. The molecule has 212 valence electrons. The average Bonchev–Trinajstić information content (AvgIpc) is 3.57. The number of aromatic nitrogens is 2. The predicted octanol–water partition coefficient (Wildman–Crippen LogP) is 10.8. The Balaban J connectivity index is 1.23. The third-order valence-electron chi connectivity index (χ3n) is 10.5. The standard InChI is InChI=1S/C42H34N2/c1-25-22-37-39(43-24-25)33-21-20-32-30-11-7-9-13-35(30)42(4,5)38(32)40(33)44(37)28-17-14-26(15-18-28)27-16-19-31-29-10-6-8-12-34(29)41(2,3)36(31)23-27/h6-24H,1-5H3. The normalized spacial score (nSPS) is 15.3. The first-order valence-electron chi connectivity index (χ1n) is 15.6. The van der Waals surface area contributed by atoms with Crippen LogP contribution in [0, 0.1) is 6.92 Å². The van der Waals surface area contributed by atoms with E-state index in [0.29, 0.717) is 0 Å². The molecule has 7 aromatic rings. The number of pyridine rings is 1. The second kappa shape index (κ2) is 8.57. The largest absolute Gasteiger partial charge is 0.307 e. The van der Waals surface area contributed by atoms with E-state index < -0.39 is 0 Å². The van der Waals surface area contributed by atoms with E-state index in [0.717, 1.165) is 16.7 Å². The molecule has 0 saturated heterocycles. The van der Waals surface area contributed by atoms with E-state index in [9.17, 15) is 0 Å². The summed E-state index contributed by atoms with van der Waals surface area (Å²) in [7, 11) is 0. The Labute approximate surface area is 258 Å². The molecule has 0 N–H and O–H groups in total. The Morgan fingerprint density at radius 3 is 1.93 bits per heavy atom. The number of fused-ring (bicyclic) bond motifs is 10. The Bertz CT molecular complexity index is 2330. The van der Waals surface area contributed by atoms with E-state index in [-0.39, 0.29) is 10.8 Å². The molecule has 0 radical (unpaired) electrons. The van der Waals surface area contributed by atoms with E-state index >= 15 is 0 Å². The van der Waals surface area contributed by atoms with E-state index in [2.05, 4.69) is 148 Å². The summed E-state index contributed by atoms with van der Waals surface area (Å²) in [6.07, 6.45) is 2.00. The monoisotopic (exact) mass is 566 g/mol. The fraction of sp³-hybridized carbons (Fsp3) is 0.167. The second-order valence-electron chi connectivity index (χ2n) is 13.7. The Morgan fingerprint density at radius 2 is 1.18 bits per heavy atom. The molecule has 2 heteroatoms. The summed E-state index contributed by atoms with van der Waals surface area (Å²) >= 11 is 0. The summed E-state index contributed by atoms with van der Waals surface area (Å²) < 4.78 is 2.46. The van der Waals surface area contributed by atoms with Gasteiger partial charge in [-0.3, -0.25) is 4.98 Å². The highest BCUT2D eigenvalue weighted by atomic mass is 15.0. The third kappa shape index (κ3) is 3.23. The first-order chi connectivity index (χ1) is 21.2. The van der Waals surface area contributed by atoms with Crippen LogP contribution in [0.1, 0.15) is 55.5 Å². The van der Waals surface area contributed by atoms with Gasteiger partial charge in [0.15, 0.2) is 0 Å². The van der Waals surface area contributed by atoms with Crippen molar-refractivity contribution in [1.29, 1.82) is 0 Å². The van der Waals surface area contributed by atoms with Crippen LogP contribution in [0.15, 0.2) is 115 Å². The van der Waals surface area contributed by atoms with Crippen molar-refractivity contribution >= 4 is 21.9 Å². The molecule has 0 amide bonds. The Morgan fingerprint density at radius 1 is 0.568 bits per heavy atom. The summed E-state index contributed by atoms with van der Waals surface area (Å²) in [4.78, 5) is 4.99. The predicted molar refractivity (Wildman–Crippen MR) is 184 cm³/mol. The van der Waals surface area contributed by atoms with Gasteiger partial charge >= 0.3 is 0 Å². The molecule has 0 spiro atoms. The topological polar surface area (TPSA) is 17.8 Å². The third-order valence-corrected chi connectivity index (χ3v) is 10.5. The van der Waals surface area contributed by atoms with Gasteiger partial charge in [-0.15, -0.1) is 0 Å². The lowest BCUT2D eigenvalue weighted by Gasteiger charge is -2.23. The van der Waals surface area contributed by atoms with Crippen molar-refractivity contribution in [1.82, 2.24) is 9.55 Å². The van der Waals surface area contributed by atoms with Crippen LogP contribution in [0.25, 0.3) is 61.0 Å². The van der Waals surface area contributed by atoms with Gasteiger partial charge in [0.25, 0.3) is 0 Å². The highest BCUT2D eigenvalue weighted by molar-refractivity contribution is 6.11. The van der Waals surface area contributed by atoms with Crippen LogP contribution in [0.3, 0.4) is 0 Å². The molecule has 0 atom stereocenters. The molecule has 2 heterocycles. The summed E-state index contributed by atoms with van der Waals surface area (Å²) in [5, 5.41) is 1.21. The molecular formula is C42H34N2. The molecule has 44 heavy (non-hydrogen) atoms. The zero-order chi connectivity index (χ0) is 30.0. The lowest BCUT2D eigenvalue weighted by molar-refractivity contribution is 0.660. The summed E-state index contributed by atoms with van der Waals surface area (Å²) in [6, 6.07) is 40.8. The van der Waals surface area contributed by atoms with Gasteiger partial charge in [0.1, 0.15) is 0 Å². The number of aryl methyl sites for hydroxylation is 1. The van der Waals surface area contributed by atoms with Gasteiger partial charge in [0.2, 0.25) is 0 Å². The van der Waals surface area contributed by atoms with Gasteiger partial charge in [-0.2, -0.15) is 0 Å². The lowest BCUT2D eigenvalue weighted by Crippen LogP contribution is -2.16. The van der Waals surface area contributed by atoms with Crippen LogP contribution in [0.4, 0.5) is 0 Å². The molecule has 0 fully saturated rings. The van der Waals surface area contributed by atoms with Crippen molar-refractivity contribution in [3.63, 3.8) is 0 Å². The fourth-order valence-corrected chi connectivity index (χ4v) is 8.28. The summed E-state index contributed by atoms with van der Waals surface area (Å²) in [5.74, 6) is 0. The van der Waals surface area contributed by atoms with E-state index in [1.54, 1.807) is 0 Å². The van der Waals surface area contributed by atoms with Gasteiger partial charge in [-0.1, -0.05) is 107 Å². The van der Waals surface area contributed by atoms with Crippen molar-refractivity contribution in [2.75, 3.05) is 0 Å². The molecule has 2 nitrogen and oxygen atoms in total. The van der Waals surface area contributed by atoms with Crippen molar-refractivity contribution in [2.24, 2.45) is 0 Å². The van der Waals surface area contributed by atoms with Crippen LogP contribution >= 0.6 is 0 Å². The van der Waals surface area contributed by atoms with Crippen LogP contribution in [-0.4, -0.2) is 9.55 Å². The molecule has 9 rings (SSSR count). The molecule has 0 bridgehead atoms. The zero-order valence-electron chi connectivity index (χ0n) is 25.9. The Hall–Kier alpha value is -4.95. The molecule has 2 aliphatic carbocycles. The van der Waals surface area contributed by atoms with Crippen LogP contribution < -0.4 is 0 Å². The zero-order valence-corrected chi connectivity index (χ0v) is 25.9. The van der Waals surface area contributed by atoms with Crippen molar-refractivity contribution < 1.29 is 0 Å². The van der Waals surface area contributed by atoms with Crippen molar-refractivity contribution in [3.8, 4) is 39.1 Å². The maximum Gasteiger partial charge on any atom is 0.0963 e. The van der Waals surface area contributed by atoms with Gasteiger partial charge in [-0.05, 0) is 98.5 Å². The van der Waals surface area contributed by atoms with Gasteiger partial charge < -0.3 is 4.57 Å². The number of nitrogens with zero attached hydrogens (tertiary/aromatic N) is 2. The van der Waals surface area contributed by atoms with Gasteiger partial charge in [-0.25, -0.2) is 0 Å². The number of rotatable bonds is 2. The number of hydrogen-bond acceptors (Lipinski definition) is 1. The van der Waals surface area contributed by atoms with Crippen molar-refractivity contribution in [2.45, 2.75) is 45.4 Å². The van der Waals surface area contributed by atoms with Crippen LogP contribution in [0.2, 0.25) is 0 Å². The SMILES string of the molecule is Cc1cnc2c3ccc4c(c3n(-c3ccc(-c5ccc6c(c5)C(C)(C)c5ccccc5-6)cc3)c2c1)C(C)(C)c1ccccc1-4. The smallest absolute Gasteiger partial charge is 0.0963 e. The molecule has 5 aromatic carbocycles. The number of hydrogen-bond donors (Lipinski definition) is 0. The molecule has 0 aliphatic heterocycles. The minimum atomic E-state index is -0.124. The van der Waals surface area contributed by atoms with E-state index in [4.69, 9.17) is 4.98 Å². The van der Waals surface area contributed by atoms with Crippen molar-refractivity contribution in [3.05, 3.63) is 143 Å². The molecule has 0 unspecified atom stereocenters. The molecule has 2 aromatic heterocycles. The summed E-state index contributed by atoms with van der Waals surface area (Å²) in [6.45, 7) is 11.6. The first kappa shape index (κ1) is 25.5.